The van der Waals surface area contributed by atoms with E-state index < -0.39 is 0 Å². The van der Waals surface area contributed by atoms with Gasteiger partial charge in [0.25, 0.3) is 0 Å². The van der Waals surface area contributed by atoms with E-state index in [0.29, 0.717) is 5.92 Å². The summed E-state index contributed by atoms with van der Waals surface area (Å²) in [5.74, 6) is 0.715. The zero-order valence-corrected chi connectivity index (χ0v) is 13.6. The van der Waals surface area contributed by atoms with Crippen molar-refractivity contribution >= 4 is 0 Å². The zero-order chi connectivity index (χ0) is 15.5. The molecule has 1 saturated heterocycles. The molecule has 0 spiro atoms. The average molecular weight is 298 g/mol. The summed E-state index contributed by atoms with van der Waals surface area (Å²) in [6, 6.07) is 6.76. The molecule has 0 atom stereocenters. The van der Waals surface area contributed by atoms with Crippen molar-refractivity contribution < 1.29 is 0 Å². The van der Waals surface area contributed by atoms with Crippen LogP contribution in [-0.2, 0) is 13.6 Å². The summed E-state index contributed by atoms with van der Waals surface area (Å²) in [6.45, 7) is 6.31. The first-order valence-electron chi connectivity index (χ1n) is 8.16. The van der Waals surface area contributed by atoms with Crippen molar-refractivity contribution in [3.63, 3.8) is 0 Å². The molecule has 1 aromatic carbocycles. The number of hydrogen-bond acceptors (Lipinski definition) is 3. The van der Waals surface area contributed by atoms with Crippen LogP contribution in [0.15, 0.2) is 30.6 Å². The summed E-state index contributed by atoms with van der Waals surface area (Å²) in [7, 11) is 1.97. The molecule has 1 aliphatic rings. The van der Waals surface area contributed by atoms with Crippen LogP contribution in [-0.4, -0.2) is 34.3 Å². The van der Waals surface area contributed by atoms with E-state index in [4.69, 9.17) is 5.73 Å². The third kappa shape index (κ3) is 3.39. The Morgan fingerprint density at radius 3 is 2.68 bits per heavy atom. The fourth-order valence-corrected chi connectivity index (χ4v) is 3.28. The van der Waals surface area contributed by atoms with Gasteiger partial charge in [0.05, 0.1) is 6.20 Å². The van der Waals surface area contributed by atoms with E-state index in [1.165, 1.54) is 35.1 Å². The number of aryl methyl sites for hydroxylation is 2. The van der Waals surface area contributed by atoms with Gasteiger partial charge in [-0.3, -0.25) is 9.58 Å². The Morgan fingerprint density at radius 2 is 2.05 bits per heavy atom. The highest BCUT2D eigenvalue weighted by Gasteiger charge is 2.19. The number of rotatable bonds is 4. The minimum atomic E-state index is 0.715. The minimum absolute atomic E-state index is 0.715. The van der Waals surface area contributed by atoms with Crippen molar-refractivity contribution in [3.05, 3.63) is 41.7 Å². The molecule has 2 N–H and O–H groups in total. The predicted molar refractivity (Wildman–Crippen MR) is 90.4 cm³/mol. The van der Waals surface area contributed by atoms with Gasteiger partial charge in [-0.1, -0.05) is 23.8 Å². The molecule has 0 aliphatic carbocycles. The molecule has 0 unspecified atom stereocenters. The summed E-state index contributed by atoms with van der Waals surface area (Å²) in [5, 5.41) is 4.32. The van der Waals surface area contributed by atoms with Gasteiger partial charge in [-0.2, -0.15) is 5.10 Å². The van der Waals surface area contributed by atoms with Crippen LogP contribution in [0.3, 0.4) is 0 Å². The van der Waals surface area contributed by atoms with Gasteiger partial charge in [0.2, 0.25) is 0 Å². The molecule has 1 aromatic heterocycles. The normalized spacial score (nSPS) is 17.0. The van der Waals surface area contributed by atoms with Crippen LogP contribution in [0, 0.1) is 12.8 Å². The number of aromatic nitrogens is 2. The highest BCUT2D eigenvalue weighted by molar-refractivity contribution is 5.66. The third-order valence-corrected chi connectivity index (χ3v) is 4.72. The van der Waals surface area contributed by atoms with E-state index in [2.05, 4.69) is 41.3 Å². The van der Waals surface area contributed by atoms with Gasteiger partial charge >= 0.3 is 0 Å². The van der Waals surface area contributed by atoms with Crippen molar-refractivity contribution in [2.45, 2.75) is 26.3 Å². The fraction of sp³-hybridized carbons (Fsp3) is 0.500. The summed E-state index contributed by atoms with van der Waals surface area (Å²) in [6.07, 6.45) is 6.51. The standard InChI is InChI=1S/C18H26N4/c1-14-3-4-16(13-22-7-5-15(10-19)6-8-22)18(9-14)17-11-20-21(2)12-17/h3-4,9,11-12,15H,5-8,10,13,19H2,1-2H3. The molecule has 4 nitrogen and oxygen atoms in total. The van der Waals surface area contributed by atoms with Crippen molar-refractivity contribution in [1.29, 1.82) is 0 Å². The molecule has 0 amide bonds. The molecule has 2 heterocycles. The van der Waals surface area contributed by atoms with Crippen LogP contribution in [0.4, 0.5) is 0 Å². The zero-order valence-electron chi connectivity index (χ0n) is 13.6. The smallest absolute Gasteiger partial charge is 0.0568 e. The lowest BCUT2D eigenvalue weighted by atomic mass is 9.95. The van der Waals surface area contributed by atoms with Crippen LogP contribution < -0.4 is 5.73 Å². The van der Waals surface area contributed by atoms with E-state index in [0.717, 1.165) is 26.2 Å². The van der Waals surface area contributed by atoms with E-state index in [1.54, 1.807) is 0 Å². The van der Waals surface area contributed by atoms with Gasteiger partial charge in [-0.25, -0.2) is 0 Å². The number of nitrogens with two attached hydrogens (primary N) is 1. The lowest BCUT2D eigenvalue weighted by Crippen LogP contribution is -2.35. The Labute approximate surface area is 132 Å². The fourth-order valence-electron chi connectivity index (χ4n) is 3.28. The summed E-state index contributed by atoms with van der Waals surface area (Å²) >= 11 is 0. The van der Waals surface area contributed by atoms with Crippen LogP contribution in [0.5, 0.6) is 0 Å². The second kappa shape index (κ2) is 6.63. The summed E-state index contributed by atoms with van der Waals surface area (Å²) < 4.78 is 1.87. The average Bonchev–Trinajstić information content (AvgIpc) is 2.96. The summed E-state index contributed by atoms with van der Waals surface area (Å²) in [5.41, 5.74) is 11.0. The summed E-state index contributed by atoms with van der Waals surface area (Å²) in [4.78, 5) is 2.55. The maximum absolute atomic E-state index is 5.79. The molecular weight excluding hydrogens is 272 g/mol. The van der Waals surface area contributed by atoms with E-state index in [1.807, 2.05) is 17.9 Å². The molecule has 0 bridgehead atoms. The van der Waals surface area contributed by atoms with E-state index in [-0.39, 0.29) is 0 Å². The van der Waals surface area contributed by atoms with Gasteiger partial charge in [0.15, 0.2) is 0 Å². The number of nitrogens with zero attached hydrogens (tertiary/aromatic N) is 3. The Hall–Kier alpha value is -1.65. The molecule has 118 valence electrons. The molecule has 3 rings (SSSR count). The monoisotopic (exact) mass is 298 g/mol. The molecule has 2 aromatic rings. The number of benzene rings is 1. The van der Waals surface area contributed by atoms with Crippen molar-refractivity contribution in [2.24, 2.45) is 18.7 Å². The van der Waals surface area contributed by atoms with Crippen LogP contribution >= 0.6 is 0 Å². The maximum Gasteiger partial charge on any atom is 0.0568 e. The van der Waals surface area contributed by atoms with Gasteiger partial charge < -0.3 is 5.73 Å². The number of piperidine rings is 1. The molecular formula is C18H26N4. The van der Waals surface area contributed by atoms with Gasteiger partial charge in [0.1, 0.15) is 0 Å². The first-order chi connectivity index (χ1) is 10.7. The van der Waals surface area contributed by atoms with Crippen LogP contribution in [0.2, 0.25) is 0 Å². The van der Waals surface area contributed by atoms with Crippen LogP contribution in [0.1, 0.15) is 24.0 Å². The number of hydrogen-bond donors (Lipinski definition) is 1. The topological polar surface area (TPSA) is 47.1 Å². The molecule has 1 fully saturated rings. The second-order valence-corrected chi connectivity index (χ2v) is 6.52. The lowest BCUT2D eigenvalue weighted by Gasteiger charge is -2.31. The SMILES string of the molecule is Cc1ccc(CN2CCC(CN)CC2)c(-c2cnn(C)c2)c1. The first kappa shape index (κ1) is 15.3. The second-order valence-electron chi connectivity index (χ2n) is 6.52. The van der Waals surface area contributed by atoms with Gasteiger partial charge in [-0.05, 0) is 56.4 Å². The molecule has 0 radical (unpaired) electrons. The Bertz CT molecular complexity index is 624. The van der Waals surface area contributed by atoms with Crippen molar-refractivity contribution in [3.8, 4) is 11.1 Å². The Kier molecular flexibility index (Phi) is 4.60. The highest BCUT2D eigenvalue weighted by atomic mass is 15.2. The van der Waals surface area contributed by atoms with E-state index >= 15 is 0 Å². The predicted octanol–water partition coefficient (Wildman–Crippen LogP) is 2.57. The highest BCUT2D eigenvalue weighted by Crippen LogP contribution is 2.27. The Morgan fingerprint density at radius 1 is 1.27 bits per heavy atom. The molecule has 0 saturated carbocycles. The minimum Gasteiger partial charge on any atom is -0.330 e. The first-order valence-corrected chi connectivity index (χ1v) is 8.16. The quantitative estimate of drug-likeness (QED) is 0.943. The van der Waals surface area contributed by atoms with Gasteiger partial charge in [-0.15, -0.1) is 0 Å². The molecule has 4 heteroatoms. The van der Waals surface area contributed by atoms with E-state index in [9.17, 15) is 0 Å². The maximum atomic E-state index is 5.79. The molecule has 22 heavy (non-hydrogen) atoms. The number of likely N-dealkylation sites (tertiary alicyclic amines) is 1. The van der Waals surface area contributed by atoms with Crippen molar-refractivity contribution in [2.75, 3.05) is 19.6 Å². The third-order valence-electron chi connectivity index (χ3n) is 4.72. The molecule has 1 aliphatic heterocycles. The largest absolute Gasteiger partial charge is 0.330 e. The Balaban J connectivity index is 1.79. The van der Waals surface area contributed by atoms with Crippen LogP contribution in [0.25, 0.3) is 11.1 Å². The lowest BCUT2D eigenvalue weighted by molar-refractivity contribution is 0.180. The van der Waals surface area contributed by atoms with Gasteiger partial charge in [0, 0.05) is 25.4 Å². The van der Waals surface area contributed by atoms with Crippen molar-refractivity contribution in [1.82, 2.24) is 14.7 Å².